The van der Waals surface area contributed by atoms with Crippen LogP contribution in [0, 0.1) is 18.3 Å². The monoisotopic (exact) mass is 419 g/mol. The molecule has 3 aromatic carbocycles. The zero-order valence-corrected chi connectivity index (χ0v) is 17.6. The summed E-state index contributed by atoms with van der Waals surface area (Å²) in [6.45, 7) is 2.02. The maximum atomic E-state index is 12.7. The fourth-order valence-corrected chi connectivity index (χ4v) is 3.25. The molecule has 0 radical (unpaired) electrons. The Morgan fingerprint density at radius 1 is 1.03 bits per heavy atom. The molecule has 0 aliphatic rings. The highest BCUT2D eigenvalue weighted by atomic mass is 16.5. The lowest BCUT2D eigenvalue weighted by Gasteiger charge is -2.02. The van der Waals surface area contributed by atoms with Crippen LogP contribution in [0.2, 0.25) is 0 Å². The number of carbonyl (C=O) groups excluding carboxylic acids is 1. The van der Waals surface area contributed by atoms with Crippen molar-refractivity contribution in [1.82, 2.24) is 9.78 Å². The second-order valence-electron chi connectivity index (χ2n) is 7.25. The van der Waals surface area contributed by atoms with Crippen LogP contribution >= 0.6 is 0 Å². The molecular weight excluding hydrogens is 398 g/mol. The van der Waals surface area contributed by atoms with Crippen molar-refractivity contribution in [3.63, 3.8) is 0 Å². The Labute approximate surface area is 186 Å². The SMILES string of the molecule is Cc1ccc(-c2nn(-c3ccccc3)cc2/C=C/C(=O)c2ccc(OCC#N)cc2)cc1. The largest absolute Gasteiger partial charge is 0.479 e. The smallest absolute Gasteiger partial charge is 0.185 e. The maximum absolute atomic E-state index is 12.7. The number of benzene rings is 3. The predicted molar refractivity (Wildman–Crippen MR) is 125 cm³/mol. The fourth-order valence-electron chi connectivity index (χ4n) is 3.25. The van der Waals surface area contributed by atoms with Crippen molar-refractivity contribution in [3.05, 3.63) is 108 Å². The molecule has 1 aromatic heterocycles. The zero-order valence-electron chi connectivity index (χ0n) is 17.6. The lowest BCUT2D eigenvalue weighted by Crippen LogP contribution is -1.96. The Hall–Kier alpha value is -4.43. The van der Waals surface area contributed by atoms with Gasteiger partial charge in [-0.05, 0) is 55.5 Å². The van der Waals surface area contributed by atoms with E-state index >= 15 is 0 Å². The van der Waals surface area contributed by atoms with Crippen LogP contribution in [0.1, 0.15) is 21.5 Å². The number of nitrogens with zero attached hydrogens (tertiary/aromatic N) is 3. The molecule has 0 spiro atoms. The van der Waals surface area contributed by atoms with Crippen LogP contribution in [-0.2, 0) is 0 Å². The van der Waals surface area contributed by atoms with Crippen molar-refractivity contribution in [2.75, 3.05) is 6.61 Å². The summed E-state index contributed by atoms with van der Waals surface area (Å²) in [5, 5.41) is 13.4. The van der Waals surface area contributed by atoms with Crippen LogP contribution in [-0.4, -0.2) is 22.2 Å². The number of aromatic nitrogens is 2. The number of ether oxygens (including phenoxy) is 1. The molecular formula is C27H21N3O2. The van der Waals surface area contributed by atoms with Gasteiger partial charge in [0.2, 0.25) is 0 Å². The molecule has 0 N–H and O–H groups in total. The molecule has 0 saturated heterocycles. The molecule has 0 bridgehead atoms. The van der Waals surface area contributed by atoms with Crippen LogP contribution in [0.4, 0.5) is 0 Å². The van der Waals surface area contributed by atoms with Crippen molar-refractivity contribution < 1.29 is 9.53 Å². The number of ketones is 1. The third-order valence-corrected chi connectivity index (χ3v) is 4.94. The number of hydrogen-bond donors (Lipinski definition) is 0. The van der Waals surface area contributed by atoms with Crippen molar-refractivity contribution >= 4 is 11.9 Å². The molecule has 0 aliphatic heterocycles. The second-order valence-corrected chi connectivity index (χ2v) is 7.25. The van der Waals surface area contributed by atoms with E-state index in [9.17, 15) is 4.79 Å². The number of hydrogen-bond acceptors (Lipinski definition) is 4. The molecule has 32 heavy (non-hydrogen) atoms. The first-order valence-electron chi connectivity index (χ1n) is 10.2. The molecule has 0 amide bonds. The van der Waals surface area contributed by atoms with Crippen LogP contribution < -0.4 is 4.74 Å². The van der Waals surface area contributed by atoms with Crippen LogP contribution in [0.3, 0.4) is 0 Å². The lowest BCUT2D eigenvalue weighted by atomic mass is 10.0. The van der Waals surface area contributed by atoms with Crippen molar-refractivity contribution in [1.29, 1.82) is 5.26 Å². The minimum Gasteiger partial charge on any atom is -0.479 e. The van der Waals surface area contributed by atoms with Crippen molar-refractivity contribution in [2.24, 2.45) is 0 Å². The summed E-state index contributed by atoms with van der Waals surface area (Å²) in [7, 11) is 0. The first-order chi connectivity index (χ1) is 15.6. The van der Waals surface area contributed by atoms with Gasteiger partial charge >= 0.3 is 0 Å². The molecule has 0 saturated carbocycles. The first-order valence-corrected chi connectivity index (χ1v) is 10.2. The highest BCUT2D eigenvalue weighted by Crippen LogP contribution is 2.25. The summed E-state index contributed by atoms with van der Waals surface area (Å²) in [6, 6.07) is 26.7. The molecule has 156 valence electrons. The Morgan fingerprint density at radius 3 is 2.44 bits per heavy atom. The van der Waals surface area contributed by atoms with Gasteiger partial charge in [-0.2, -0.15) is 10.4 Å². The van der Waals surface area contributed by atoms with E-state index < -0.39 is 0 Å². The Bertz CT molecular complexity index is 1280. The van der Waals surface area contributed by atoms with Gasteiger partial charge in [0.1, 0.15) is 11.8 Å². The van der Waals surface area contributed by atoms with Gasteiger partial charge in [0.25, 0.3) is 0 Å². The average Bonchev–Trinajstić information content (AvgIpc) is 3.27. The number of allylic oxidation sites excluding steroid dienone is 1. The molecule has 0 unspecified atom stereocenters. The second kappa shape index (κ2) is 9.59. The van der Waals surface area contributed by atoms with E-state index in [2.05, 4.69) is 0 Å². The fraction of sp³-hybridized carbons (Fsp3) is 0.0741. The molecule has 5 nitrogen and oxygen atoms in total. The molecule has 4 aromatic rings. The summed E-state index contributed by atoms with van der Waals surface area (Å²) in [5.41, 5.74) is 5.29. The zero-order chi connectivity index (χ0) is 22.3. The molecule has 0 atom stereocenters. The van der Waals surface area contributed by atoms with Crippen LogP contribution in [0.15, 0.2) is 91.1 Å². The Morgan fingerprint density at radius 2 is 1.75 bits per heavy atom. The van der Waals surface area contributed by atoms with Crippen LogP contribution in [0.5, 0.6) is 5.75 Å². The molecule has 5 heteroatoms. The molecule has 4 rings (SSSR count). The van der Waals surface area contributed by atoms with E-state index in [-0.39, 0.29) is 12.4 Å². The summed E-state index contributed by atoms with van der Waals surface area (Å²) in [4.78, 5) is 12.7. The highest BCUT2D eigenvalue weighted by molar-refractivity contribution is 6.07. The Balaban J connectivity index is 1.63. The van der Waals surface area contributed by atoms with Gasteiger partial charge in [0.15, 0.2) is 12.4 Å². The van der Waals surface area contributed by atoms with E-state index in [4.69, 9.17) is 15.1 Å². The van der Waals surface area contributed by atoms with Crippen molar-refractivity contribution in [3.8, 4) is 28.8 Å². The van der Waals surface area contributed by atoms with Gasteiger partial charge < -0.3 is 4.74 Å². The normalized spacial score (nSPS) is 10.8. The summed E-state index contributed by atoms with van der Waals surface area (Å²) in [5.74, 6) is 0.428. The van der Waals surface area contributed by atoms with Gasteiger partial charge in [0, 0.05) is 22.9 Å². The number of nitriles is 1. The van der Waals surface area contributed by atoms with Crippen molar-refractivity contribution in [2.45, 2.75) is 6.92 Å². The number of rotatable bonds is 7. The molecule has 0 fully saturated rings. The summed E-state index contributed by atoms with van der Waals surface area (Å²) >= 11 is 0. The number of aryl methyl sites for hydroxylation is 1. The van der Waals surface area contributed by atoms with Gasteiger partial charge in [0.05, 0.1) is 11.4 Å². The maximum Gasteiger partial charge on any atom is 0.185 e. The van der Waals surface area contributed by atoms with E-state index in [1.807, 2.05) is 78.5 Å². The highest BCUT2D eigenvalue weighted by Gasteiger charge is 2.11. The van der Waals surface area contributed by atoms with E-state index in [1.54, 1.807) is 36.4 Å². The topological polar surface area (TPSA) is 67.9 Å². The number of para-hydroxylation sites is 1. The number of carbonyl (C=O) groups is 1. The third kappa shape index (κ3) is 4.82. The standard InChI is InChI=1S/C27H21N3O2/c1-20-7-9-22(10-8-20)27-23(19-30(29-27)24-5-3-2-4-6-24)13-16-26(31)21-11-14-25(15-12-21)32-18-17-28/h2-16,19H,18H2,1H3/b16-13+. The van der Waals surface area contributed by atoms with Gasteiger partial charge in [-0.15, -0.1) is 0 Å². The lowest BCUT2D eigenvalue weighted by molar-refractivity contribution is 0.104. The van der Waals surface area contributed by atoms with Gasteiger partial charge in [-0.1, -0.05) is 48.0 Å². The van der Waals surface area contributed by atoms with Gasteiger partial charge in [-0.3, -0.25) is 4.79 Å². The van der Waals surface area contributed by atoms with Gasteiger partial charge in [-0.25, -0.2) is 4.68 Å². The van der Waals surface area contributed by atoms with Crippen LogP contribution in [0.25, 0.3) is 23.0 Å². The van der Waals surface area contributed by atoms with E-state index in [0.717, 1.165) is 22.5 Å². The third-order valence-electron chi connectivity index (χ3n) is 4.94. The predicted octanol–water partition coefficient (Wildman–Crippen LogP) is 5.65. The summed E-state index contributed by atoms with van der Waals surface area (Å²) in [6.07, 6.45) is 5.27. The Kier molecular flexibility index (Phi) is 6.24. The summed E-state index contributed by atoms with van der Waals surface area (Å²) < 4.78 is 7.06. The first kappa shape index (κ1) is 20.8. The van der Waals surface area contributed by atoms with E-state index in [0.29, 0.717) is 11.3 Å². The minimum absolute atomic E-state index is 0.0274. The minimum atomic E-state index is -0.126. The average molecular weight is 419 g/mol. The molecule has 0 aliphatic carbocycles. The van der Waals surface area contributed by atoms with E-state index in [1.165, 1.54) is 5.56 Å². The molecule has 1 heterocycles. The quantitative estimate of drug-likeness (QED) is 0.287.